The van der Waals surface area contributed by atoms with Crippen molar-refractivity contribution in [3.63, 3.8) is 0 Å². The molecular formula is C16H16O5. The summed E-state index contributed by atoms with van der Waals surface area (Å²) in [4.78, 5) is 0. The molecule has 0 unspecified atom stereocenters. The number of phenols is 1. The molecule has 3 rings (SSSR count). The van der Waals surface area contributed by atoms with E-state index in [-0.39, 0.29) is 12.5 Å². The average molecular weight is 288 g/mol. The van der Waals surface area contributed by atoms with Gasteiger partial charge in [-0.25, -0.2) is 0 Å². The van der Waals surface area contributed by atoms with Gasteiger partial charge in [0.1, 0.15) is 17.2 Å². The third-order valence-corrected chi connectivity index (χ3v) is 3.47. The van der Waals surface area contributed by atoms with Crippen molar-refractivity contribution in [2.45, 2.75) is 6.92 Å². The third-order valence-electron chi connectivity index (χ3n) is 3.47. The number of aryl methyl sites for hydroxylation is 1. The average Bonchev–Trinajstić information content (AvgIpc) is 2.92. The van der Waals surface area contributed by atoms with Crippen molar-refractivity contribution in [3.05, 3.63) is 29.8 Å². The van der Waals surface area contributed by atoms with Crippen LogP contribution in [0.4, 0.5) is 0 Å². The van der Waals surface area contributed by atoms with Gasteiger partial charge in [0.05, 0.1) is 14.2 Å². The molecular weight excluding hydrogens is 272 g/mol. The number of fused-ring (bicyclic) bond motifs is 1. The van der Waals surface area contributed by atoms with Crippen LogP contribution in [-0.4, -0.2) is 26.1 Å². The number of phenolic OH excluding ortho intramolecular Hbond substituents is 1. The maximum atomic E-state index is 10.3. The highest BCUT2D eigenvalue weighted by atomic mass is 16.7. The van der Waals surface area contributed by atoms with Gasteiger partial charge in [-0.15, -0.1) is 0 Å². The summed E-state index contributed by atoms with van der Waals surface area (Å²) in [5.74, 6) is 2.62. The molecule has 1 N–H and O–H groups in total. The van der Waals surface area contributed by atoms with Gasteiger partial charge in [0.25, 0.3) is 0 Å². The topological polar surface area (TPSA) is 57.2 Å². The highest BCUT2D eigenvalue weighted by Crippen LogP contribution is 2.46. The summed E-state index contributed by atoms with van der Waals surface area (Å²) in [7, 11) is 3.20. The minimum Gasteiger partial charge on any atom is -0.507 e. The van der Waals surface area contributed by atoms with Crippen molar-refractivity contribution in [2.75, 3.05) is 21.0 Å². The fraction of sp³-hybridized carbons (Fsp3) is 0.250. The minimum absolute atomic E-state index is 0.102. The first-order valence-electron chi connectivity index (χ1n) is 6.49. The van der Waals surface area contributed by atoms with Gasteiger partial charge in [0.2, 0.25) is 6.79 Å². The van der Waals surface area contributed by atoms with Gasteiger partial charge < -0.3 is 24.1 Å². The Kier molecular flexibility index (Phi) is 3.25. The van der Waals surface area contributed by atoms with Crippen LogP contribution in [0.3, 0.4) is 0 Å². The predicted octanol–water partition coefficient (Wildman–Crippen LogP) is 3.11. The number of ether oxygens (including phenoxy) is 4. The van der Waals surface area contributed by atoms with Crippen molar-refractivity contribution < 1.29 is 24.1 Å². The molecule has 0 atom stereocenters. The van der Waals surface area contributed by atoms with Gasteiger partial charge in [-0.1, -0.05) is 0 Å². The molecule has 5 heteroatoms. The Hall–Kier alpha value is -2.56. The number of methoxy groups -OCH3 is 2. The standard InChI is InChI=1S/C16H16O5/c1-9-4-10(18-2)5-12(16(9)19-3)11-6-14-15(7-13(11)17)21-8-20-14/h4-7,17H,8H2,1-3H3. The molecule has 1 heterocycles. The first-order chi connectivity index (χ1) is 10.1. The monoisotopic (exact) mass is 288 g/mol. The van der Waals surface area contributed by atoms with Crippen LogP contribution in [0.2, 0.25) is 0 Å². The van der Waals surface area contributed by atoms with E-state index in [1.807, 2.05) is 19.1 Å². The van der Waals surface area contributed by atoms with Crippen LogP contribution >= 0.6 is 0 Å². The largest absolute Gasteiger partial charge is 0.507 e. The molecule has 0 aromatic heterocycles. The summed E-state index contributed by atoms with van der Waals surface area (Å²) in [6, 6.07) is 7.00. The summed E-state index contributed by atoms with van der Waals surface area (Å²) in [5.41, 5.74) is 2.27. The van der Waals surface area contributed by atoms with Crippen LogP contribution in [0.15, 0.2) is 24.3 Å². The second-order valence-electron chi connectivity index (χ2n) is 4.75. The summed E-state index contributed by atoms with van der Waals surface area (Å²) in [6.45, 7) is 2.08. The van der Waals surface area contributed by atoms with Gasteiger partial charge in [0.15, 0.2) is 11.5 Å². The Morgan fingerprint density at radius 2 is 1.67 bits per heavy atom. The molecule has 1 aliphatic heterocycles. The molecule has 0 saturated heterocycles. The molecule has 2 aromatic carbocycles. The molecule has 0 fully saturated rings. The Balaban J connectivity index is 2.22. The van der Waals surface area contributed by atoms with Crippen LogP contribution < -0.4 is 18.9 Å². The van der Waals surface area contributed by atoms with E-state index in [2.05, 4.69) is 0 Å². The number of rotatable bonds is 3. The molecule has 2 aromatic rings. The van der Waals surface area contributed by atoms with Gasteiger partial charge in [-0.2, -0.15) is 0 Å². The zero-order chi connectivity index (χ0) is 15.0. The molecule has 21 heavy (non-hydrogen) atoms. The quantitative estimate of drug-likeness (QED) is 0.940. The van der Waals surface area contributed by atoms with Gasteiger partial charge >= 0.3 is 0 Å². The van der Waals surface area contributed by atoms with Crippen LogP contribution in [0.25, 0.3) is 11.1 Å². The van der Waals surface area contributed by atoms with Gasteiger partial charge in [0, 0.05) is 17.2 Å². The number of benzene rings is 2. The molecule has 0 spiro atoms. The minimum atomic E-state index is 0.102. The Morgan fingerprint density at radius 1 is 0.952 bits per heavy atom. The molecule has 0 aliphatic carbocycles. The van der Waals surface area contributed by atoms with Crippen LogP contribution in [0.1, 0.15) is 5.56 Å². The SMILES string of the molecule is COc1cc(C)c(OC)c(-c2cc3c(cc2O)OCO3)c1. The van der Waals surface area contributed by atoms with E-state index in [9.17, 15) is 5.11 Å². The van der Waals surface area contributed by atoms with E-state index in [1.165, 1.54) is 0 Å². The lowest BCUT2D eigenvalue weighted by molar-refractivity contribution is 0.174. The van der Waals surface area contributed by atoms with Crippen molar-refractivity contribution in [3.8, 4) is 39.9 Å². The van der Waals surface area contributed by atoms with Crippen LogP contribution in [0.5, 0.6) is 28.7 Å². The second-order valence-corrected chi connectivity index (χ2v) is 4.75. The molecule has 0 amide bonds. The van der Waals surface area contributed by atoms with E-state index in [4.69, 9.17) is 18.9 Å². The van der Waals surface area contributed by atoms with E-state index in [0.29, 0.717) is 28.6 Å². The molecule has 0 radical (unpaired) electrons. The van der Waals surface area contributed by atoms with Crippen LogP contribution in [-0.2, 0) is 0 Å². The second kappa shape index (κ2) is 5.09. The first-order valence-corrected chi connectivity index (χ1v) is 6.49. The van der Waals surface area contributed by atoms with E-state index >= 15 is 0 Å². The van der Waals surface area contributed by atoms with Crippen molar-refractivity contribution in [1.29, 1.82) is 0 Å². The van der Waals surface area contributed by atoms with Gasteiger partial charge in [-0.3, -0.25) is 0 Å². The lowest BCUT2D eigenvalue weighted by atomic mass is 9.99. The normalized spacial score (nSPS) is 12.3. The highest BCUT2D eigenvalue weighted by Gasteiger charge is 2.21. The van der Waals surface area contributed by atoms with Gasteiger partial charge in [-0.05, 0) is 30.7 Å². The smallest absolute Gasteiger partial charge is 0.231 e. The molecule has 0 saturated carbocycles. The lowest BCUT2D eigenvalue weighted by Gasteiger charge is -2.15. The van der Waals surface area contributed by atoms with E-state index in [0.717, 1.165) is 11.1 Å². The fourth-order valence-electron chi connectivity index (χ4n) is 2.48. The third kappa shape index (κ3) is 2.20. The maximum absolute atomic E-state index is 10.3. The number of aromatic hydroxyl groups is 1. The summed E-state index contributed by atoms with van der Waals surface area (Å²) < 4.78 is 21.4. The number of hydrogen-bond donors (Lipinski definition) is 1. The van der Waals surface area contributed by atoms with E-state index in [1.54, 1.807) is 26.4 Å². The maximum Gasteiger partial charge on any atom is 0.231 e. The fourth-order valence-corrected chi connectivity index (χ4v) is 2.48. The Labute approximate surface area is 122 Å². The Bertz CT molecular complexity index is 694. The molecule has 5 nitrogen and oxygen atoms in total. The summed E-state index contributed by atoms with van der Waals surface area (Å²) in [5, 5.41) is 10.3. The van der Waals surface area contributed by atoms with Crippen molar-refractivity contribution >= 4 is 0 Å². The van der Waals surface area contributed by atoms with E-state index < -0.39 is 0 Å². The zero-order valence-electron chi connectivity index (χ0n) is 12.1. The van der Waals surface area contributed by atoms with Crippen molar-refractivity contribution in [1.82, 2.24) is 0 Å². The number of hydrogen-bond acceptors (Lipinski definition) is 5. The predicted molar refractivity (Wildman–Crippen MR) is 77.5 cm³/mol. The Morgan fingerprint density at radius 3 is 2.33 bits per heavy atom. The summed E-state index contributed by atoms with van der Waals surface area (Å²) >= 11 is 0. The van der Waals surface area contributed by atoms with Crippen molar-refractivity contribution in [2.24, 2.45) is 0 Å². The first kappa shape index (κ1) is 13.4. The molecule has 110 valence electrons. The lowest BCUT2D eigenvalue weighted by Crippen LogP contribution is -1.94. The van der Waals surface area contributed by atoms with Crippen LogP contribution in [0, 0.1) is 6.92 Å². The molecule has 1 aliphatic rings. The zero-order valence-corrected chi connectivity index (χ0v) is 12.1. The summed E-state index contributed by atoms with van der Waals surface area (Å²) in [6.07, 6.45) is 0. The highest BCUT2D eigenvalue weighted by molar-refractivity contribution is 5.80. The molecule has 0 bridgehead atoms.